The van der Waals surface area contributed by atoms with E-state index in [9.17, 15) is 14.9 Å². The van der Waals surface area contributed by atoms with Gasteiger partial charge in [-0.25, -0.2) is 4.79 Å². The minimum atomic E-state index is -0.446. The van der Waals surface area contributed by atoms with Crippen LogP contribution in [0.3, 0.4) is 0 Å². The smallest absolute Gasteiger partial charge is 0.330 e. The van der Waals surface area contributed by atoms with Crippen molar-refractivity contribution < 1.29 is 14.5 Å². The van der Waals surface area contributed by atoms with Gasteiger partial charge in [0.05, 0.1) is 11.5 Å². The summed E-state index contributed by atoms with van der Waals surface area (Å²) >= 11 is 0. The number of hydrogen-bond donors (Lipinski definition) is 0. The molecule has 0 saturated carbocycles. The molecule has 0 saturated heterocycles. The largest absolute Gasteiger partial charge is 0.463 e. The van der Waals surface area contributed by atoms with Crippen LogP contribution in [0.5, 0.6) is 0 Å². The predicted molar refractivity (Wildman–Crippen MR) is 62.6 cm³/mol. The average molecular weight is 235 g/mol. The molecule has 0 N–H and O–H groups in total. The van der Waals surface area contributed by atoms with Gasteiger partial charge in [0.15, 0.2) is 0 Å². The Balaban J connectivity index is 2.52. The summed E-state index contributed by atoms with van der Waals surface area (Å²) in [4.78, 5) is 21.0. The van der Waals surface area contributed by atoms with E-state index < -0.39 is 4.92 Å². The maximum absolute atomic E-state index is 11.0. The minimum absolute atomic E-state index is 0.0584. The normalized spacial score (nSPS) is 10.4. The van der Waals surface area contributed by atoms with Crippen molar-refractivity contribution in [3.8, 4) is 0 Å². The first-order valence-corrected chi connectivity index (χ1v) is 5.20. The SMILES string of the molecule is CCOC(=O)/C=C\Cc1ccc([N+](=O)[O-])cc1. The number of benzene rings is 1. The molecule has 0 spiro atoms. The van der Waals surface area contributed by atoms with Crippen LogP contribution in [0.2, 0.25) is 0 Å². The second kappa shape index (κ2) is 6.42. The van der Waals surface area contributed by atoms with Crippen molar-refractivity contribution in [3.63, 3.8) is 0 Å². The van der Waals surface area contributed by atoms with Crippen LogP contribution in [0.25, 0.3) is 0 Å². The van der Waals surface area contributed by atoms with Gasteiger partial charge in [0.2, 0.25) is 0 Å². The summed E-state index contributed by atoms with van der Waals surface area (Å²) in [6, 6.07) is 6.20. The van der Waals surface area contributed by atoms with Crippen molar-refractivity contribution in [2.45, 2.75) is 13.3 Å². The fraction of sp³-hybridized carbons (Fsp3) is 0.250. The van der Waals surface area contributed by atoms with Crippen molar-refractivity contribution in [2.75, 3.05) is 6.61 Å². The molecule has 0 aliphatic heterocycles. The number of nitro groups is 1. The summed E-state index contributed by atoms with van der Waals surface area (Å²) in [5, 5.41) is 10.4. The van der Waals surface area contributed by atoms with Gasteiger partial charge in [0.1, 0.15) is 0 Å². The summed E-state index contributed by atoms with van der Waals surface area (Å²) in [6.07, 6.45) is 3.56. The average Bonchev–Trinajstić information content (AvgIpc) is 2.30. The molecular weight excluding hydrogens is 222 g/mol. The number of non-ortho nitro benzene ring substituents is 1. The van der Waals surface area contributed by atoms with E-state index in [0.29, 0.717) is 13.0 Å². The third-order valence-electron chi connectivity index (χ3n) is 2.04. The van der Waals surface area contributed by atoms with Crippen LogP contribution in [-0.4, -0.2) is 17.5 Å². The maximum atomic E-state index is 11.0. The Morgan fingerprint density at radius 3 is 2.59 bits per heavy atom. The number of nitro benzene ring substituents is 1. The molecule has 90 valence electrons. The van der Waals surface area contributed by atoms with Gasteiger partial charge in [-0.1, -0.05) is 18.2 Å². The van der Waals surface area contributed by atoms with Crippen molar-refractivity contribution in [1.29, 1.82) is 0 Å². The highest BCUT2D eigenvalue weighted by atomic mass is 16.6. The van der Waals surface area contributed by atoms with Crippen LogP contribution in [-0.2, 0) is 16.0 Å². The van der Waals surface area contributed by atoms with Gasteiger partial charge in [-0.15, -0.1) is 0 Å². The second-order valence-electron chi connectivity index (χ2n) is 3.28. The number of ether oxygens (including phenoxy) is 1. The topological polar surface area (TPSA) is 69.4 Å². The molecule has 0 amide bonds. The standard InChI is InChI=1S/C12H13NO4/c1-2-17-12(14)5-3-4-10-6-8-11(9-7-10)13(15)16/h3,5-9H,2,4H2,1H3/b5-3-. The van der Waals surface area contributed by atoms with Crippen LogP contribution in [0.15, 0.2) is 36.4 Å². The van der Waals surface area contributed by atoms with Gasteiger partial charge in [0.25, 0.3) is 5.69 Å². The van der Waals surface area contributed by atoms with E-state index in [-0.39, 0.29) is 11.7 Å². The lowest BCUT2D eigenvalue weighted by molar-refractivity contribution is -0.384. The molecule has 17 heavy (non-hydrogen) atoms. The van der Waals surface area contributed by atoms with Crippen LogP contribution in [0, 0.1) is 10.1 Å². The lowest BCUT2D eigenvalue weighted by Gasteiger charge is -1.97. The third-order valence-corrected chi connectivity index (χ3v) is 2.04. The van der Waals surface area contributed by atoms with E-state index in [0.717, 1.165) is 5.56 Å². The Bertz CT molecular complexity index is 423. The molecule has 1 aromatic carbocycles. The van der Waals surface area contributed by atoms with Crippen molar-refractivity contribution >= 4 is 11.7 Å². The zero-order valence-corrected chi connectivity index (χ0v) is 9.46. The van der Waals surface area contributed by atoms with E-state index in [4.69, 9.17) is 4.74 Å². The van der Waals surface area contributed by atoms with E-state index in [1.165, 1.54) is 18.2 Å². The highest BCUT2D eigenvalue weighted by Crippen LogP contribution is 2.12. The molecule has 0 aliphatic carbocycles. The molecule has 0 bridgehead atoms. The van der Waals surface area contributed by atoms with E-state index in [1.807, 2.05) is 0 Å². The van der Waals surface area contributed by atoms with Gasteiger partial charge in [0, 0.05) is 18.2 Å². The molecule has 1 aromatic rings. The summed E-state index contributed by atoms with van der Waals surface area (Å²) in [7, 11) is 0. The number of carbonyl (C=O) groups excluding carboxylic acids is 1. The number of nitrogens with zero attached hydrogens (tertiary/aromatic N) is 1. The van der Waals surface area contributed by atoms with Gasteiger partial charge in [-0.2, -0.15) is 0 Å². The monoisotopic (exact) mass is 235 g/mol. The fourth-order valence-corrected chi connectivity index (χ4v) is 1.24. The maximum Gasteiger partial charge on any atom is 0.330 e. The molecule has 5 heteroatoms. The first-order valence-electron chi connectivity index (χ1n) is 5.20. The molecule has 0 aromatic heterocycles. The van der Waals surface area contributed by atoms with Gasteiger partial charge >= 0.3 is 5.97 Å². The predicted octanol–water partition coefficient (Wildman–Crippen LogP) is 2.26. The van der Waals surface area contributed by atoms with Gasteiger partial charge in [-0.05, 0) is 18.9 Å². The van der Waals surface area contributed by atoms with Crippen LogP contribution >= 0.6 is 0 Å². The molecule has 0 heterocycles. The molecule has 0 fully saturated rings. The first kappa shape index (κ1) is 12.9. The molecule has 0 radical (unpaired) electrons. The number of hydrogen-bond acceptors (Lipinski definition) is 4. The second-order valence-corrected chi connectivity index (χ2v) is 3.28. The van der Waals surface area contributed by atoms with Gasteiger partial charge in [-0.3, -0.25) is 10.1 Å². The Morgan fingerprint density at radius 1 is 1.41 bits per heavy atom. The fourth-order valence-electron chi connectivity index (χ4n) is 1.24. The number of esters is 1. The summed E-state index contributed by atoms with van der Waals surface area (Å²) in [5.74, 6) is -0.380. The van der Waals surface area contributed by atoms with Crippen LogP contribution in [0.4, 0.5) is 5.69 Å². The molecule has 0 aliphatic rings. The highest BCUT2D eigenvalue weighted by molar-refractivity contribution is 5.81. The van der Waals surface area contributed by atoms with Crippen LogP contribution in [0.1, 0.15) is 12.5 Å². The molecule has 5 nitrogen and oxygen atoms in total. The quantitative estimate of drug-likeness (QED) is 0.339. The Morgan fingerprint density at radius 2 is 2.06 bits per heavy atom. The van der Waals surface area contributed by atoms with Gasteiger partial charge < -0.3 is 4.74 Å². The molecule has 0 atom stereocenters. The highest BCUT2D eigenvalue weighted by Gasteiger charge is 2.02. The Kier molecular flexibility index (Phi) is 4.87. The molecule has 0 unspecified atom stereocenters. The summed E-state index contributed by atoms with van der Waals surface area (Å²) in [6.45, 7) is 2.09. The van der Waals surface area contributed by atoms with E-state index in [1.54, 1.807) is 25.1 Å². The number of carbonyl (C=O) groups is 1. The third kappa shape index (κ3) is 4.46. The Labute approximate surface area is 98.9 Å². The number of rotatable bonds is 5. The lowest BCUT2D eigenvalue weighted by Crippen LogP contribution is -1.99. The molecular formula is C12H13NO4. The summed E-state index contributed by atoms with van der Waals surface area (Å²) < 4.78 is 4.72. The van der Waals surface area contributed by atoms with E-state index >= 15 is 0 Å². The minimum Gasteiger partial charge on any atom is -0.463 e. The first-order chi connectivity index (χ1) is 8.13. The van der Waals surface area contributed by atoms with Crippen LogP contribution < -0.4 is 0 Å². The zero-order valence-electron chi connectivity index (χ0n) is 9.46. The summed E-state index contributed by atoms with van der Waals surface area (Å²) in [5.41, 5.74) is 0.958. The number of allylic oxidation sites excluding steroid dienone is 1. The Hall–Kier alpha value is -2.17. The van der Waals surface area contributed by atoms with Crippen molar-refractivity contribution in [2.24, 2.45) is 0 Å². The zero-order chi connectivity index (χ0) is 12.7. The van der Waals surface area contributed by atoms with Crippen molar-refractivity contribution in [1.82, 2.24) is 0 Å². The van der Waals surface area contributed by atoms with E-state index in [2.05, 4.69) is 0 Å². The lowest BCUT2D eigenvalue weighted by atomic mass is 10.1. The molecule has 1 rings (SSSR count). The van der Waals surface area contributed by atoms with Crippen molar-refractivity contribution in [3.05, 3.63) is 52.1 Å².